The lowest BCUT2D eigenvalue weighted by Crippen LogP contribution is -2.47. The largest absolute Gasteiger partial charge is 0.427 e. The van der Waals surface area contributed by atoms with Gasteiger partial charge in [-0.25, -0.2) is 9.69 Å². The van der Waals surface area contributed by atoms with Gasteiger partial charge in [-0.15, -0.1) is 0 Å². The molecule has 2 aromatic rings. The van der Waals surface area contributed by atoms with Gasteiger partial charge >= 0.3 is 6.09 Å². The Bertz CT molecular complexity index is 1320. The second-order valence-corrected chi connectivity index (χ2v) is 11.5. The highest BCUT2D eigenvalue weighted by atomic mass is 16.6. The number of nitrogens with zero attached hydrogens (tertiary/aromatic N) is 2. The van der Waals surface area contributed by atoms with Crippen LogP contribution in [0, 0.1) is 11.8 Å². The number of imide groups is 1. The van der Waals surface area contributed by atoms with Crippen LogP contribution in [0.1, 0.15) is 59.7 Å². The van der Waals surface area contributed by atoms with Gasteiger partial charge in [-0.1, -0.05) is 36.4 Å². The third kappa shape index (κ3) is 4.98. The Hall–Kier alpha value is -3.72. The molecule has 9 nitrogen and oxygen atoms in total. The highest BCUT2D eigenvalue weighted by Gasteiger charge is 2.58. The van der Waals surface area contributed by atoms with E-state index in [1.54, 1.807) is 23.1 Å². The normalized spacial score (nSPS) is 24.2. The summed E-state index contributed by atoms with van der Waals surface area (Å²) in [5, 5.41) is 2.97. The summed E-state index contributed by atoms with van der Waals surface area (Å²) in [7, 11) is 0. The van der Waals surface area contributed by atoms with Crippen LogP contribution in [0.15, 0.2) is 48.5 Å². The minimum atomic E-state index is -1.45. The summed E-state index contributed by atoms with van der Waals surface area (Å²) in [6.45, 7) is 4.03. The van der Waals surface area contributed by atoms with Crippen LogP contribution < -0.4 is 5.32 Å². The molecule has 2 saturated heterocycles. The lowest BCUT2D eigenvalue weighted by molar-refractivity contribution is -0.143. The van der Waals surface area contributed by atoms with Crippen molar-refractivity contribution < 1.29 is 28.7 Å². The summed E-state index contributed by atoms with van der Waals surface area (Å²) in [5.41, 5.74) is 1.45. The van der Waals surface area contributed by atoms with Crippen LogP contribution in [0.25, 0.3) is 0 Å². The first-order chi connectivity index (χ1) is 19.4. The average Bonchev–Trinajstić information content (AvgIpc) is 3.49. The van der Waals surface area contributed by atoms with Crippen LogP contribution in [0.4, 0.5) is 4.79 Å². The average molecular weight is 546 g/mol. The number of aryl methyl sites for hydroxylation is 1. The van der Waals surface area contributed by atoms with Gasteiger partial charge in [0.15, 0.2) is 0 Å². The van der Waals surface area contributed by atoms with Gasteiger partial charge in [0, 0.05) is 49.2 Å². The number of nitrogens with one attached hydrogen (secondary N) is 1. The maximum atomic E-state index is 13.7. The molecule has 2 heterocycles. The van der Waals surface area contributed by atoms with Gasteiger partial charge < -0.3 is 19.7 Å². The Labute approximate surface area is 233 Å². The number of hydrogen-bond donors (Lipinski definition) is 1. The van der Waals surface area contributed by atoms with Crippen molar-refractivity contribution in [1.82, 2.24) is 15.1 Å². The summed E-state index contributed by atoms with van der Waals surface area (Å²) in [6.07, 6.45) is 3.05. The third-order valence-corrected chi connectivity index (χ3v) is 8.80. The molecule has 0 bridgehead atoms. The van der Waals surface area contributed by atoms with Crippen molar-refractivity contribution in [1.29, 1.82) is 0 Å². The molecule has 6 rings (SSSR count). The molecule has 0 aromatic heterocycles. The Kier molecular flexibility index (Phi) is 7.08. The summed E-state index contributed by atoms with van der Waals surface area (Å²) >= 11 is 0. The second kappa shape index (κ2) is 10.7. The number of carbonyl (C=O) groups is 4. The molecule has 2 aliphatic carbocycles. The minimum absolute atomic E-state index is 0.00774. The smallest absolute Gasteiger partial charge is 0.418 e. The molecular formula is C31H35N3O6. The van der Waals surface area contributed by atoms with Crippen molar-refractivity contribution >= 4 is 23.8 Å². The minimum Gasteiger partial charge on any atom is -0.427 e. The van der Waals surface area contributed by atoms with Crippen LogP contribution in [-0.2, 0) is 37.6 Å². The van der Waals surface area contributed by atoms with E-state index in [9.17, 15) is 19.2 Å². The molecule has 0 radical (unpaired) electrons. The van der Waals surface area contributed by atoms with Crippen molar-refractivity contribution in [3.8, 4) is 0 Å². The zero-order valence-corrected chi connectivity index (χ0v) is 22.8. The topological polar surface area (TPSA) is 105 Å². The van der Waals surface area contributed by atoms with Gasteiger partial charge in [-0.2, -0.15) is 0 Å². The Morgan fingerprint density at radius 3 is 2.65 bits per heavy atom. The van der Waals surface area contributed by atoms with Crippen LogP contribution in [0.2, 0.25) is 0 Å². The van der Waals surface area contributed by atoms with E-state index < -0.39 is 17.6 Å². The fourth-order valence-corrected chi connectivity index (χ4v) is 6.18. The van der Waals surface area contributed by atoms with E-state index in [-0.39, 0.29) is 30.8 Å². The highest BCUT2D eigenvalue weighted by molar-refractivity contribution is 6.06. The molecule has 1 spiro atoms. The van der Waals surface area contributed by atoms with E-state index in [4.69, 9.17) is 9.47 Å². The standard InChI is InChI=1S/C31H35N3O6/c1-20(23-7-8-23)33(17-21-5-3-2-4-6-21)27(35)18-34-29(37)31(40-30(34)38)13-11-24-15-25(9-10-26(24)31)28(36)32-16-22-12-14-39-19-22/h2-6,9-10,15,20,22-23H,7-8,11-14,16-19H2,1H3,(H,32,36)/t20-,22?,31+/m0/s1. The predicted molar refractivity (Wildman–Crippen MR) is 145 cm³/mol. The van der Waals surface area contributed by atoms with Crippen LogP contribution in [0.5, 0.6) is 0 Å². The van der Waals surface area contributed by atoms with Gasteiger partial charge in [0.1, 0.15) is 6.54 Å². The Morgan fingerprint density at radius 2 is 1.93 bits per heavy atom. The van der Waals surface area contributed by atoms with Gasteiger partial charge in [0.2, 0.25) is 11.5 Å². The molecule has 4 aliphatic rings. The molecule has 3 fully saturated rings. The quantitative estimate of drug-likeness (QED) is 0.518. The van der Waals surface area contributed by atoms with E-state index in [1.165, 1.54) is 0 Å². The van der Waals surface area contributed by atoms with Crippen LogP contribution in [-0.4, -0.2) is 66.0 Å². The fourth-order valence-electron chi connectivity index (χ4n) is 6.18. The van der Waals surface area contributed by atoms with Crippen LogP contribution in [0.3, 0.4) is 0 Å². The third-order valence-electron chi connectivity index (χ3n) is 8.80. The molecule has 210 valence electrons. The lowest BCUT2D eigenvalue weighted by atomic mass is 9.94. The zero-order chi connectivity index (χ0) is 27.9. The maximum absolute atomic E-state index is 13.7. The van der Waals surface area contributed by atoms with E-state index >= 15 is 0 Å². The first-order valence-electron chi connectivity index (χ1n) is 14.2. The molecule has 2 aromatic carbocycles. The van der Waals surface area contributed by atoms with E-state index in [0.29, 0.717) is 49.1 Å². The number of fused-ring (bicyclic) bond motifs is 2. The molecule has 2 aliphatic heterocycles. The van der Waals surface area contributed by atoms with Crippen molar-refractivity contribution in [3.63, 3.8) is 0 Å². The molecule has 3 atom stereocenters. The van der Waals surface area contributed by atoms with E-state index in [0.717, 1.165) is 41.9 Å². The number of hydrogen-bond acceptors (Lipinski definition) is 6. The Morgan fingerprint density at radius 1 is 1.12 bits per heavy atom. The first-order valence-corrected chi connectivity index (χ1v) is 14.2. The number of carbonyl (C=O) groups excluding carboxylic acids is 4. The van der Waals surface area contributed by atoms with Crippen molar-refractivity contribution in [2.75, 3.05) is 26.3 Å². The van der Waals surface area contributed by atoms with Crippen LogP contribution >= 0.6 is 0 Å². The maximum Gasteiger partial charge on any atom is 0.418 e. The highest BCUT2D eigenvalue weighted by Crippen LogP contribution is 2.45. The summed E-state index contributed by atoms with van der Waals surface area (Å²) in [4.78, 5) is 55.8. The summed E-state index contributed by atoms with van der Waals surface area (Å²) < 4.78 is 11.1. The number of ether oxygens (including phenoxy) is 2. The molecule has 9 heteroatoms. The Balaban J connectivity index is 1.16. The van der Waals surface area contributed by atoms with Crippen molar-refractivity contribution in [2.45, 2.75) is 57.2 Å². The van der Waals surface area contributed by atoms with Crippen molar-refractivity contribution in [3.05, 3.63) is 70.8 Å². The van der Waals surface area contributed by atoms with Crippen molar-refractivity contribution in [2.24, 2.45) is 11.8 Å². The van der Waals surface area contributed by atoms with Gasteiger partial charge in [-0.3, -0.25) is 14.4 Å². The monoisotopic (exact) mass is 545 g/mol. The second-order valence-electron chi connectivity index (χ2n) is 11.5. The number of amides is 4. The van der Waals surface area contributed by atoms with Gasteiger partial charge in [0.05, 0.1) is 6.61 Å². The van der Waals surface area contributed by atoms with E-state index in [1.807, 2.05) is 37.3 Å². The molecule has 1 saturated carbocycles. The number of benzene rings is 2. The molecule has 4 amide bonds. The molecule has 40 heavy (non-hydrogen) atoms. The first kappa shape index (κ1) is 26.5. The van der Waals surface area contributed by atoms with Gasteiger partial charge in [-0.05, 0) is 61.8 Å². The molecule has 1 N–H and O–H groups in total. The van der Waals surface area contributed by atoms with E-state index in [2.05, 4.69) is 5.32 Å². The lowest BCUT2D eigenvalue weighted by Gasteiger charge is -2.30. The zero-order valence-electron chi connectivity index (χ0n) is 22.8. The summed E-state index contributed by atoms with van der Waals surface area (Å²) in [6, 6.07) is 14.9. The summed E-state index contributed by atoms with van der Waals surface area (Å²) in [5.74, 6) is -0.215. The molecule has 1 unspecified atom stereocenters. The predicted octanol–water partition coefficient (Wildman–Crippen LogP) is 3.40. The number of rotatable bonds is 9. The van der Waals surface area contributed by atoms with Gasteiger partial charge in [0.25, 0.3) is 11.8 Å². The molecular weight excluding hydrogens is 510 g/mol. The fraction of sp³-hybridized carbons (Fsp3) is 0.484. The SMILES string of the molecule is C[C@@H](C1CC1)N(Cc1ccccc1)C(=O)CN1C(=O)O[C@@]2(CCc3cc(C(=O)NCC4CCOC4)ccc32)C1=O.